The van der Waals surface area contributed by atoms with Crippen LogP contribution in [0.4, 0.5) is 0 Å². The second-order valence-electron chi connectivity index (χ2n) is 17.4. The highest BCUT2D eigenvalue weighted by Crippen LogP contribution is 2.38. The summed E-state index contributed by atoms with van der Waals surface area (Å²) in [6.07, 6.45) is 52.8. The normalized spacial score (nSPS) is 14.1. The van der Waals surface area contributed by atoms with Gasteiger partial charge in [0.15, 0.2) is 0 Å². The molecule has 0 bridgehead atoms. The molecule has 0 aromatic carbocycles. The van der Waals surface area contributed by atoms with E-state index in [2.05, 4.69) is 62.5 Å². The van der Waals surface area contributed by atoms with E-state index in [0.717, 1.165) is 57.8 Å². The molecule has 0 amide bonds. The zero-order chi connectivity index (χ0) is 43.4. The van der Waals surface area contributed by atoms with Gasteiger partial charge >= 0.3 is 5.97 Å². The van der Waals surface area contributed by atoms with Gasteiger partial charge in [-0.2, -0.15) is 0 Å². The van der Waals surface area contributed by atoms with E-state index in [1.807, 2.05) is 21.1 Å². The smallest absolute Gasteiger partial charge is 0.306 e. The molecular weight excluding hydrogens is 758 g/mol. The number of carbonyl (C=O) groups excluding carboxylic acids is 1. The van der Waals surface area contributed by atoms with Gasteiger partial charge in [0.1, 0.15) is 19.3 Å². The second-order valence-corrected chi connectivity index (χ2v) is 18.9. The average molecular weight is 852 g/mol. The number of likely N-dealkylation sites (N-methyl/N-ethyl adjacent to an activating group) is 1. The van der Waals surface area contributed by atoms with Crippen molar-refractivity contribution in [2.24, 2.45) is 0 Å². The Hall–Kier alpha value is -1.54. The first-order valence-corrected chi connectivity index (χ1v) is 25.8. The van der Waals surface area contributed by atoms with E-state index in [0.29, 0.717) is 24.1 Å². The highest BCUT2D eigenvalue weighted by Gasteiger charge is 2.20. The minimum absolute atomic E-state index is 0.0265. The summed E-state index contributed by atoms with van der Waals surface area (Å²) in [7, 11) is 1.36. The fourth-order valence-electron chi connectivity index (χ4n) is 6.66. The van der Waals surface area contributed by atoms with Gasteiger partial charge in [0, 0.05) is 13.0 Å². The number of ether oxygens (including phenoxy) is 2. The number of hydrogen-bond acceptors (Lipinski definition) is 7. The Kier molecular flexibility index (Phi) is 42.0. The van der Waals surface area contributed by atoms with E-state index in [1.165, 1.54) is 128 Å². The van der Waals surface area contributed by atoms with Crippen molar-refractivity contribution in [1.29, 1.82) is 0 Å². The fourth-order valence-corrected chi connectivity index (χ4v) is 7.38. The summed E-state index contributed by atoms with van der Waals surface area (Å²) in [6, 6.07) is 0. The third-order valence-corrected chi connectivity index (χ3v) is 11.4. The van der Waals surface area contributed by atoms with Crippen molar-refractivity contribution in [3.8, 4) is 0 Å². The zero-order valence-corrected chi connectivity index (χ0v) is 40.1. The van der Waals surface area contributed by atoms with Crippen LogP contribution in [-0.4, -0.2) is 70.7 Å². The third kappa shape index (κ3) is 47.4. The third-order valence-electron chi connectivity index (χ3n) is 10.4. The molecule has 0 aliphatic carbocycles. The Balaban J connectivity index is 4.03. The maximum atomic E-state index is 12.7. The van der Waals surface area contributed by atoms with E-state index >= 15 is 0 Å². The van der Waals surface area contributed by atoms with Crippen LogP contribution in [0.25, 0.3) is 0 Å². The predicted octanol–water partition coefficient (Wildman–Crippen LogP) is 14.1. The van der Waals surface area contributed by atoms with E-state index in [-0.39, 0.29) is 25.8 Å². The van der Waals surface area contributed by atoms with Gasteiger partial charge in [-0.1, -0.05) is 197 Å². The lowest BCUT2D eigenvalue weighted by atomic mass is 10.0. The minimum Gasteiger partial charge on any atom is -0.756 e. The van der Waals surface area contributed by atoms with E-state index in [9.17, 15) is 14.3 Å². The molecule has 9 heteroatoms. The maximum absolute atomic E-state index is 12.7. The van der Waals surface area contributed by atoms with Crippen molar-refractivity contribution >= 4 is 13.8 Å². The van der Waals surface area contributed by atoms with E-state index in [1.54, 1.807) is 0 Å². The van der Waals surface area contributed by atoms with Crippen LogP contribution in [0.5, 0.6) is 0 Å². The first-order valence-electron chi connectivity index (χ1n) is 24.4. The Morgan fingerprint density at radius 3 is 1.47 bits per heavy atom. The highest BCUT2D eigenvalue weighted by atomic mass is 31.2. The van der Waals surface area contributed by atoms with Crippen molar-refractivity contribution in [3.63, 3.8) is 0 Å². The van der Waals surface area contributed by atoms with Crippen LogP contribution in [0, 0.1) is 0 Å². The zero-order valence-electron chi connectivity index (χ0n) is 39.2. The summed E-state index contributed by atoms with van der Waals surface area (Å²) in [5.41, 5.74) is 0. The van der Waals surface area contributed by atoms with Gasteiger partial charge in [-0.15, -0.1) is 0 Å². The molecule has 0 heterocycles. The molecular formula is C50H94NO7P. The molecule has 0 aliphatic rings. The summed E-state index contributed by atoms with van der Waals surface area (Å²) >= 11 is 0. The van der Waals surface area contributed by atoms with Crippen LogP contribution < -0.4 is 4.89 Å². The molecule has 0 fully saturated rings. The van der Waals surface area contributed by atoms with Gasteiger partial charge in [0.2, 0.25) is 0 Å². The van der Waals surface area contributed by atoms with Gasteiger partial charge in [0.25, 0.3) is 7.82 Å². The summed E-state index contributed by atoms with van der Waals surface area (Å²) < 4.78 is 34.6. The van der Waals surface area contributed by atoms with Crippen molar-refractivity contribution < 1.29 is 37.3 Å². The fraction of sp³-hybridized carbons (Fsp3) is 0.820. The Morgan fingerprint density at radius 2 is 0.983 bits per heavy atom. The minimum atomic E-state index is -4.52. The molecule has 0 aromatic rings. The van der Waals surface area contributed by atoms with Crippen LogP contribution in [-0.2, 0) is 27.9 Å². The highest BCUT2D eigenvalue weighted by molar-refractivity contribution is 7.45. The van der Waals surface area contributed by atoms with Crippen LogP contribution in [0.1, 0.15) is 206 Å². The van der Waals surface area contributed by atoms with Crippen molar-refractivity contribution in [3.05, 3.63) is 48.6 Å². The molecule has 0 saturated heterocycles. The van der Waals surface area contributed by atoms with Crippen LogP contribution in [0.15, 0.2) is 48.6 Å². The predicted molar refractivity (Wildman–Crippen MR) is 250 cm³/mol. The summed E-state index contributed by atoms with van der Waals surface area (Å²) in [6.45, 7) is 5.31. The maximum Gasteiger partial charge on any atom is 0.306 e. The number of phosphoric acid groups is 1. The number of nitrogens with zero attached hydrogens (tertiary/aromatic N) is 1. The number of hydrogen-bond donors (Lipinski definition) is 0. The van der Waals surface area contributed by atoms with Crippen LogP contribution in [0.3, 0.4) is 0 Å². The Labute approximate surface area is 365 Å². The lowest BCUT2D eigenvalue weighted by Gasteiger charge is -2.28. The topological polar surface area (TPSA) is 94.1 Å². The number of rotatable bonds is 45. The molecule has 0 radical (unpaired) electrons. The van der Waals surface area contributed by atoms with Gasteiger partial charge < -0.3 is 27.9 Å². The molecule has 0 N–H and O–H groups in total. The van der Waals surface area contributed by atoms with Crippen LogP contribution >= 0.6 is 7.82 Å². The molecule has 2 unspecified atom stereocenters. The van der Waals surface area contributed by atoms with Crippen LogP contribution in [0.2, 0.25) is 0 Å². The number of unbranched alkanes of at least 4 members (excludes halogenated alkanes) is 23. The number of phosphoric ester groups is 1. The molecule has 346 valence electrons. The summed E-state index contributed by atoms with van der Waals surface area (Å²) in [5, 5.41) is 0. The molecule has 0 spiro atoms. The number of quaternary nitrogens is 1. The molecule has 0 aromatic heterocycles. The first kappa shape index (κ1) is 57.5. The molecule has 59 heavy (non-hydrogen) atoms. The lowest BCUT2D eigenvalue weighted by molar-refractivity contribution is -0.870. The van der Waals surface area contributed by atoms with Gasteiger partial charge in [-0.25, -0.2) is 0 Å². The number of allylic oxidation sites excluding steroid dienone is 8. The number of carbonyl (C=O) groups is 1. The Bertz CT molecular complexity index is 1080. The monoisotopic (exact) mass is 852 g/mol. The molecule has 2 atom stereocenters. The van der Waals surface area contributed by atoms with Gasteiger partial charge in [-0.3, -0.25) is 9.36 Å². The molecule has 0 rings (SSSR count). The second kappa shape index (κ2) is 43.1. The molecule has 8 nitrogen and oxygen atoms in total. The quantitative estimate of drug-likeness (QED) is 0.0198. The van der Waals surface area contributed by atoms with Crippen molar-refractivity contribution in [2.75, 3.05) is 54.1 Å². The standard InChI is InChI=1S/C50H94NO7P/c1-6-8-10-12-14-16-18-19-20-21-22-23-24-25-26-27-28-29-30-31-32-34-36-38-40-42-45-55-47-49(48-57-59(53,54)56-46-44-51(3,4)5)58-50(52)43-41-39-37-35-33-17-15-13-11-9-7-2/h8,10,14,16,19-20,22-23,49H,6-7,9,11-13,15,17-18,21,24-48H2,1-5H3/b10-8-,16-14-,20-19-,23-22-. The van der Waals surface area contributed by atoms with E-state index in [4.69, 9.17) is 18.5 Å². The van der Waals surface area contributed by atoms with Crippen molar-refractivity contribution in [2.45, 2.75) is 213 Å². The molecule has 0 saturated carbocycles. The van der Waals surface area contributed by atoms with Crippen molar-refractivity contribution in [1.82, 2.24) is 0 Å². The van der Waals surface area contributed by atoms with Gasteiger partial charge in [-0.05, 0) is 51.4 Å². The largest absolute Gasteiger partial charge is 0.756 e. The average Bonchev–Trinajstić information content (AvgIpc) is 3.19. The van der Waals surface area contributed by atoms with E-state index < -0.39 is 13.9 Å². The summed E-state index contributed by atoms with van der Waals surface area (Å²) in [5.74, 6) is -0.335. The first-order chi connectivity index (χ1) is 28.6. The SMILES string of the molecule is CC/C=C\C/C=C\C/C=C\C/C=C\CCCCCCCCCCCCCCCOCC(COP(=O)([O-])OCC[N+](C)(C)C)OC(=O)CCCCCCCCCCCCC. The number of esters is 1. The molecule has 0 aliphatic heterocycles. The summed E-state index contributed by atoms with van der Waals surface area (Å²) in [4.78, 5) is 25.0. The van der Waals surface area contributed by atoms with Gasteiger partial charge in [0.05, 0.1) is 34.4 Å². The Morgan fingerprint density at radius 1 is 0.542 bits per heavy atom. The lowest BCUT2D eigenvalue weighted by Crippen LogP contribution is -2.37.